The molecular weight excluding hydrogens is 239 g/mol. The number of anilines is 1. The minimum atomic E-state index is -0.149. The van der Waals surface area contributed by atoms with Gasteiger partial charge < -0.3 is 10.2 Å². The third-order valence-corrected chi connectivity index (χ3v) is 3.90. The number of hydrogen-bond donors (Lipinski definition) is 1. The molecule has 19 heavy (non-hydrogen) atoms. The number of nitrogens with one attached hydrogen (secondary N) is 1. The van der Waals surface area contributed by atoms with Gasteiger partial charge in [-0.3, -0.25) is 0 Å². The zero-order valence-electron chi connectivity index (χ0n) is 12.2. The number of nitrogens with zero attached hydrogens (tertiary/aromatic N) is 1. The van der Waals surface area contributed by atoms with E-state index < -0.39 is 0 Å². The molecule has 0 bridgehead atoms. The smallest absolute Gasteiger partial charge is 0.123 e. The van der Waals surface area contributed by atoms with Crippen molar-refractivity contribution in [3.63, 3.8) is 0 Å². The maximum Gasteiger partial charge on any atom is 0.123 e. The molecule has 1 fully saturated rings. The second kappa shape index (κ2) is 6.38. The van der Waals surface area contributed by atoms with Crippen LogP contribution in [0.4, 0.5) is 10.1 Å². The van der Waals surface area contributed by atoms with Gasteiger partial charge in [-0.2, -0.15) is 0 Å². The third-order valence-electron chi connectivity index (χ3n) is 3.90. The fourth-order valence-electron chi connectivity index (χ4n) is 2.51. The summed E-state index contributed by atoms with van der Waals surface area (Å²) in [6, 6.07) is 5.36. The van der Waals surface area contributed by atoms with Gasteiger partial charge in [0.05, 0.1) is 0 Å². The topological polar surface area (TPSA) is 15.3 Å². The molecule has 3 heteroatoms. The van der Waals surface area contributed by atoms with Crippen molar-refractivity contribution >= 4 is 5.69 Å². The van der Waals surface area contributed by atoms with Crippen LogP contribution < -0.4 is 10.2 Å². The van der Waals surface area contributed by atoms with E-state index in [1.807, 2.05) is 13.1 Å². The molecular formula is C16H25FN2. The average Bonchev–Trinajstić information content (AvgIpc) is 3.21. The largest absolute Gasteiger partial charge is 0.371 e. The van der Waals surface area contributed by atoms with Gasteiger partial charge in [-0.25, -0.2) is 4.39 Å². The Labute approximate surface area is 116 Å². The minimum Gasteiger partial charge on any atom is -0.371 e. The summed E-state index contributed by atoms with van der Waals surface area (Å²) in [5.74, 6) is 0.693. The first kappa shape index (κ1) is 14.3. The number of benzene rings is 1. The van der Waals surface area contributed by atoms with E-state index in [2.05, 4.69) is 24.1 Å². The van der Waals surface area contributed by atoms with Crippen LogP contribution in [0.15, 0.2) is 18.2 Å². The van der Waals surface area contributed by atoms with Crippen molar-refractivity contribution < 1.29 is 4.39 Å². The molecule has 1 atom stereocenters. The summed E-state index contributed by atoms with van der Waals surface area (Å²) in [6.45, 7) is 6.44. The van der Waals surface area contributed by atoms with Gasteiger partial charge in [0.15, 0.2) is 0 Å². The Hall–Kier alpha value is -1.09. The molecule has 106 valence electrons. The highest BCUT2D eigenvalue weighted by Gasteiger charge is 2.25. The number of halogens is 1. The van der Waals surface area contributed by atoms with Crippen molar-refractivity contribution in [2.24, 2.45) is 5.92 Å². The van der Waals surface area contributed by atoms with E-state index >= 15 is 0 Å². The van der Waals surface area contributed by atoms with Gasteiger partial charge in [0, 0.05) is 24.8 Å². The van der Waals surface area contributed by atoms with Gasteiger partial charge in [-0.15, -0.1) is 0 Å². The minimum absolute atomic E-state index is 0.149. The summed E-state index contributed by atoms with van der Waals surface area (Å²) in [5, 5.41) is 3.22. The van der Waals surface area contributed by atoms with Crippen LogP contribution in [0.2, 0.25) is 0 Å². The van der Waals surface area contributed by atoms with E-state index in [1.165, 1.54) is 18.5 Å². The summed E-state index contributed by atoms with van der Waals surface area (Å²) in [7, 11) is 1.92. The quantitative estimate of drug-likeness (QED) is 0.807. The molecule has 1 aromatic rings. The highest BCUT2D eigenvalue weighted by atomic mass is 19.1. The van der Waals surface area contributed by atoms with Crippen LogP contribution in [0.5, 0.6) is 0 Å². The van der Waals surface area contributed by atoms with E-state index in [9.17, 15) is 4.39 Å². The van der Waals surface area contributed by atoms with E-state index in [0.717, 1.165) is 31.0 Å². The zero-order chi connectivity index (χ0) is 13.8. The lowest BCUT2D eigenvalue weighted by atomic mass is 10.0. The van der Waals surface area contributed by atoms with Crippen molar-refractivity contribution in [2.75, 3.05) is 25.0 Å². The summed E-state index contributed by atoms with van der Waals surface area (Å²) in [5.41, 5.74) is 2.26. The Morgan fingerprint density at radius 2 is 2.16 bits per heavy atom. The van der Waals surface area contributed by atoms with E-state index in [0.29, 0.717) is 0 Å². The predicted octanol–water partition coefficient (Wildman–Crippen LogP) is 3.73. The van der Waals surface area contributed by atoms with E-state index in [-0.39, 0.29) is 11.9 Å². The van der Waals surface area contributed by atoms with Crippen molar-refractivity contribution in [3.05, 3.63) is 29.6 Å². The molecule has 1 N–H and O–H groups in total. The molecule has 1 aliphatic carbocycles. The molecule has 1 aromatic carbocycles. The van der Waals surface area contributed by atoms with Gasteiger partial charge in [-0.05, 0) is 62.9 Å². The Balaban J connectivity index is 2.27. The van der Waals surface area contributed by atoms with E-state index in [4.69, 9.17) is 0 Å². The molecule has 0 spiro atoms. The van der Waals surface area contributed by atoms with Crippen LogP contribution in [0, 0.1) is 11.7 Å². The molecule has 0 aromatic heterocycles. The Bertz CT molecular complexity index is 415. The Kier molecular flexibility index (Phi) is 4.81. The predicted molar refractivity (Wildman–Crippen MR) is 79.1 cm³/mol. The molecule has 0 amide bonds. The highest BCUT2D eigenvalue weighted by Crippen LogP contribution is 2.34. The molecule has 0 radical (unpaired) electrons. The lowest BCUT2D eigenvalue weighted by molar-refractivity contribution is 0.603. The van der Waals surface area contributed by atoms with Gasteiger partial charge in [0.25, 0.3) is 0 Å². The first-order valence-electron chi connectivity index (χ1n) is 7.37. The molecule has 1 saturated carbocycles. The fourth-order valence-corrected chi connectivity index (χ4v) is 2.51. The standard InChI is InChI=1S/C16H25FN2/c1-4-9-19(11-13-5-6-13)16-8-7-14(17)10-15(16)12(2)18-3/h7-8,10,12-13,18H,4-6,9,11H2,1-3H3. The van der Waals surface area contributed by atoms with Crippen molar-refractivity contribution in [1.29, 1.82) is 0 Å². The van der Waals surface area contributed by atoms with Crippen LogP contribution in [-0.4, -0.2) is 20.1 Å². The second-order valence-corrected chi connectivity index (χ2v) is 5.60. The van der Waals surface area contributed by atoms with Crippen LogP contribution in [0.1, 0.15) is 44.7 Å². The maximum absolute atomic E-state index is 13.5. The first-order chi connectivity index (χ1) is 9.15. The zero-order valence-corrected chi connectivity index (χ0v) is 12.2. The number of rotatable bonds is 7. The van der Waals surface area contributed by atoms with Crippen LogP contribution in [-0.2, 0) is 0 Å². The Morgan fingerprint density at radius 1 is 1.42 bits per heavy atom. The second-order valence-electron chi connectivity index (χ2n) is 5.60. The molecule has 0 heterocycles. The van der Waals surface area contributed by atoms with Crippen molar-refractivity contribution in [3.8, 4) is 0 Å². The molecule has 1 unspecified atom stereocenters. The van der Waals surface area contributed by atoms with Crippen LogP contribution in [0.3, 0.4) is 0 Å². The summed E-state index contributed by atoms with van der Waals surface area (Å²) >= 11 is 0. The molecule has 1 aliphatic rings. The summed E-state index contributed by atoms with van der Waals surface area (Å²) in [6.07, 6.45) is 3.81. The third kappa shape index (κ3) is 3.69. The normalized spacial score (nSPS) is 16.4. The van der Waals surface area contributed by atoms with Gasteiger partial charge in [0.2, 0.25) is 0 Å². The van der Waals surface area contributed by atoms with Crippen molar-refractivity contribution in [1.82, 2.24) is 5.32 Å². The molecule has 2 nitrogen and oxygen atoms in total. The van der Waals surface area contributed by atoms with Gasteiger partial charge >= 0.3 is 0 Å². The van der Waals surface area contributed by atoms with Gasteiger partial charge in [-0.1, -0.05) is 6.92 Å². The van der Waals surface area contributed by atoms with Gasteiger partial charge in [0.1, 0.15) is 5.82 Å². The number of hydrogen-bond acceptors (Lipinski definition) is 2. The molecule has 0 saturated heterocycles. The summed E-state index contributed by atoms with van der Waals surface area (Å²) in [4.78, 5) is 2.43. The fraction of sp³-hybridized carbons (Fsp3) is 0.625. The molecule has 0 aliphatic heterocycles. The van der Waals surface area contributed by atoms with Crippen LogP contribution in [0.25, 0.3) is 0 Å². The maximum atomic E-state index is 13.5. The summed E-state index contributed by atoms with van der Waals surface area (Å²) < 4.78 is 13.5. The monoisotopic (exact) mass is 264 g/mol. The lowest BCUT2D eigenvalue weighted by Crippen LogP contribution is -2.29. The van der Waals surface area contributed by atoms with E-state index in [1.54, 1.807) is 12.1 Å². The van der Waals surface area contributed by atoms with Crippen LogP contribution >= 0.6 is 0 Å². The average molecular weight is 264 g/mol. The first-order valence-corrected chi connectivity index (χ1v) is 7.37. The lowest BCUT2D eigenvalue weighted by Gasteiger charge is -2.28. The van der Waals surface area contributed by atoms with Crippen molar-refractivity contribution in [2.45, 2.75) is 39.2 Å². The highest BCUT2D eigenvalue weighted by molar-refractivity contribution is 5.55. The molecule has 2 rings (SSSR count). The Morgan fingerprint density at radius 3 is 2.74 bits per heavy atom. The SMILES string of the molecule is CCCN(CC1CC1)c1ccc(F)cc1C(C)NC.